The summed E-state index contributed by atoms with van der Waals surface area (Å²) in [5.41, 5.74) is 0.477. The summed E-state index contributed by atoms with van der Waals surface area (Å²) < 4.78 is 5.66. The molecule has 2 aliphatic rings. The zero-order valence-corrected chi connectivity index (χ0v) is 15.7. The van der Waals surface area contributed by atoms with Gasteiger partial charge < -0.3 is 9.84 Å². The maximum absolute atomic E-state index is 12.8. The third-order valence-electron chi connectivity index (χ3n) is 5.35. The zero-order valence-electron chi connectivity index (χ0n) is 15.7. The minimum atomic E-state index is -0.511. The van der Waals surface area contributed by atoms with Crippen LogP contribution in [-0.2, 0) is 11.3 Å². The smallest absolute Gasteiger partial charge is 0.411 e. The van der Waals surface area contributed by atoms with E-state index in [1.807, 2.05) is 43.9 Å². The summed E-state index contributed by atoms with van der Waals surface area (Å²) in [6, 6.07) is 10.3. The lowest BCUT2D eigenvalue weighted by molar-refractivity contribution is -0.0616. The average Bonchev–Trinajstić information content (AvgIpc) is 2.77. The molecule has 3 rings (SSSR count). The van der Waals surface area contributed by atoms with Crippen LogP contribution in [0.4, 0.5) is 4.79 Å². The first-order chi connectivity index (χ1) is 11.7. The molecule has 1 aromatic rings. The number of carbonyl (C=O) groups is 1. The fraction of sp³-hybridized carbons (Fsp3) is 0.650. The number of aliphatic hydroxyl groups is 1. The van der Waals surface area contributed by atoms with E-state index in [9.17, 15) is 9.90 Å². The zero-order chi connectivity index (χ0) is 18.2. The highest BCUT2D eigenvalue weighted by Gasteiger charge is 2.55. The van der Waals surface area contributed by atoms with E-state index in [1.54, 1.807) is 0 Å². The number of fused-ring (bicyclic) bond motifs is 2. The summed E-state index contributed by atoms with van der Waals surface area (Å²) >= 11 is 0. The Morgan fingerprint density at radius 3 is 2.60 bits per heavy atom. The highest BCUT2D eigenvalue weighted by molar-refractivity contribution is 5.70. The van der Waals surface area contributed by atoms with Gasteiger partial charge in [-0.1, -0.05) is 30.3 Å². The largest absolute Gasteiger partial charge is 0.444 e. The van der Waals surface area contributed by atoms with Crippen molar-refractivity contribution < 1.29 is 14.6 Å². The topological polar surface area (TPSA) is 53.0 Å². The van der Waals surface area contributed by atoms with Crippen LogP contribution < -0.4 is 0 Å². The maximum atomic E-state index is 12.8. The molecule has 0 aliphatic carbocycles. The molecule has 0 unspecified atom stereocenters. The number of rotatable bonds is 3. The minimum Gasteiger partial charge on any atom is -0.444 e. The standard InChI is InChI=1S/C20H30N2O3/c1-19(2,3)25-18(24)22-16-10-11-20(22,4)14-21(17(16)13-23)12-15-8-6-5-7-9-15/h5-9,16-17,23H,10-14H2,1-4H3/t16-,17+,20+/m0/s1. The van der Waals surface area contributed by atoms with Gasteiger partial charge in [0, 0.05) is 13.1 Å². The molecule has 138 valence electrons. The second kappa shape index (κ2) is 6.61. The fourth-order valence-electron chi connectivity index (χ4n) is 4.32. The molecule has 5 nitrogen and oxygen atoms in total. The number of carbonyl (C=O) groups excluding carboxylic acids is 1. The van der Waals surface area contributed by atoms with Crippen molar-refractivity contribution in [1.29, 1.82) is 0 Å². The minimum absolute atomic E-state index is 0.00214. The van der Waals surface area contributed by atoms with Crippen LogP contribution >= 0.6 is 0 Å². The third kappa shape index (κ3) is 3.67. The molecule has 1 N–H and O–H groups in total. The van der Waals surface area contributed by atoms with E-state index >= 15 is 0 Å². The first-order valence-electron chi connectivity index (χ1n) is 9.15. The molecule has 2 heterocycles. The molecule has 0 spiro atoms. The van der Waals surface area contributed by atoms with Crippen molar-refractivity contribution in [2.45, 2.75) is 70.3 Å². The van der Waals surface area contributed by atoms with Crippen LogP contribution in [0.2, 0.25) is 0 Å². The second-order valence-corrected chi connectivity index (χ2v) is 8.59. The molecule has 2 saturated heterocycles. The predicted molar refractivity (Wildman–Crippen MR) is 97.2 cm³/mol. The van der Waals surface area contributed by atoms with E-state index in [4.69, 9.17) is 4.74 Å². The molecular weight excluding hydrogens is 316 g/mol. The Kier molecular flexibility index (Phi) is 4.82. The Morgan fingerprint density at radius 1 is 1.32 bits per heavy atom. The van der Waals surface area contributed by atoms with Gasteiger partial charge in [0.1, 0.15) is 5.60 Å². The van der Waals surface area contributed by atoms with Crippen LogP contribution in [0.5, 0.6) is 0 Å². The van der Waals surface area contributed by atoms with E-state index in [2.05, 4.69) is 24.0 Å². The summed E-state index contributed by atoms with van der Waals surface area (Å²) in [5.74, 6) is 0. The summed E-state index contributed by atoms with van der Waals surface area (Å²) in [7, 11) is 0. The number of benzene rings is 1. The van der Waals surface area contributed by atoms with E-state index in [-0.39, 0.29) is 30.3 Å². The van der Waals surface area contributed by atoms with Crippen molar-refractivity contribution in [3.63, 3.8) is 0 Å². The number of amides is 1. The Hall–Kier alpha value is -1.59. The normalized spacial score (nSPS) is 29.7. The molecule has 5 heteroatoms. The first-order valence-corrected chi connectivity index (χ1v) is 9.15. The number of hydrogen-bond acceptors (Lipinski definition) is 4. The van der Waals surface area contributed by atoms with Crippen molar-refractivity contribution >= 4 is 6.09 Å². The molecule has 2 bridgehead atoms. The van der Waals surface area contributed by atoms with Crippen LogP contribution in [0.25, 0.3) is 0 Å². The fourth-order valence-corrected chi connectivity index (χ4v) is 4.32. The molecule has 1 aromatic carbocycles. The van der Waals surface area contributed by atoms with E-state index in [0.717, 1.165) is 25.9 Å². The van der Waals surface area contributed by atoms with Gasteiger partial charge in [0.15, 0.2) is 0 Å². The lowest BCUT2D eigenvalue weighted by Crippen LogP contribution is -2.67. The summed E-state index contributed by atoms with van der Waals surface area (Å²) in [6.45, 7) is 9.41. The van der Waals surface area contributed by atoms with Crippen LogP contribution in [0.3, 0.4) is 0 Å². The van der Waals surface area contributed by atoms with Crippen molar-refractivity contribution in [3.05, 3.63) is 35.9 Å². The Balaban J connectivity index is 1.82. The van der Waals surface area contributed by atoms with Crippen molar-refractivity contribution in [2.75, 3.05) is 13.2 Å². The lowest BCUT2D eigenvalue weighted by Gasteiger charge is -2.51. The lowest BCUT2D eigenvalue weighted by atomic mass is 9.95. The number of piperazine rings is 1. The molecule has 0 radical (unpaired) electrons. The van der Waals surface area contributed by atoms with Crippen molar-refractivity contribution in [1.82, 2.24) is 9.80 Å². The molecular formula is C20H30N2O3. The Labute approximate surface area is 150 Å². The van der Waals surface area contributed by atoms with Gasteiger partial charge in [0.2, 0.25) is 0 Å². The molecule has 2 aliphatic heterocycles. The predicted octanol–water partition coefficient (Wildman–Crippen LogP) is 3.02. The molecule has 3 atom stereocenters. The Bertz CT molecular complexity index is 613. The maximum Gasteiger partial charge on any atom is 0.411 e. The van der Waals surface area contributed by atoms with Crippen LogP contribution in [0.15, 0.2) is 30.3 Å². The van der Waals surface area contributed by atoms with Gasteiger partial charge in [0.05, 0.1) is 24.2 Å². The molecule has 25 heavy (non-hydrogen) atoms. The highest BCUT2D eigenvalue weighted by atomic mass is 16.6. The SMILES string of the molecule is CC(C)(C)OC(=O)N1[C@H]2CC[C@]1(C)CN(Cc1ccccc1)[C@@H]2CO. The second-order valence-electron chi connectivity index (χ2n) is 8.59. The number of likely N-dealkylation sites (tertiary alicyclic amines) is 1. The first kappa shape index (κ1) is 18.2. The number of hydrogen-bond donors (Lipinski definition) is 1. The molecule has 0 aromatic heterocycles. The third-order valence-corrected chi connectivity index (χ3v) is 5.35. The number of nitrogens with zero attached hydrogens (tertiary/aromatic N) is 2. The van der Waals surface area contributed by atoms with Gasteiger partial charge in [-0.15, -0.1) is 0 Å². The van der Waals surface area contributed by atoms with Crippen LogP contribution in [0, 0.1) is 0 Å². The van der Waals surface area contributed by atoms with E-state index in [1.165, 1.54) is 5.56 Å². The summed E-state index contributed by atoms with van der Waals surface area (Å²) in [5, 5.41) is 10.1. The highest BCUT2D eigenvalue weighted by Crippen LogP contribution is 2.43. The number of ether oxygens (including phenoxy) is 1. The van der Waals surface area contributed by atoms with Gasteiger partial charge >= 0.3 is 6.09 Å². The van der Waals surface area contributed by atoms with Gasteiger partial charge in [0.25, 0.3) is 0 Å². The van der Waals surface area contributed by atoms with E-state index < -0.39 is 5.60 Å². The van der Waals surface area contributed by atoms with Crippen LogP contribution in [0.1, 0.15) is 46.1 Å². The van der Waals surface area contributed by atoms with Crippen molar-refractivity contribution in [2.24, 2.45) is 0 Å². The molecule has 1 amide bonds. The van der Waals surface area contributed by atoms with Crippen molar-refractivity contribution in [3.8, 4) is 0 Å². The number of aliphatic hydroxyl groups excluding tert-OH is 1. The molecule has 0 saturated carbocycles. The van der Waals surface area contributed by atoms with Gasteiger partial charge in [-0.2, -0.15) is 0 Å². The molecule has 2 fully saturated rings. The summed E-state index contributed by atoms with van der Waals surface area (Å²) in [4.78, 5) is 17.0. The Morgan fingerprint density at radius 2 is 2.00 bits per heavy atom. The van der Waals surface area contributed by atoms with E-state index in [0.29, 0.717) is 0 Å². The van der Waals surface area contributed by atoms with Gasteiger partial charge in [-0.25, -0.2) is 4.79 Å². The van der Waals surface area contributed by atoms with Gasteiger partial charge in [-0.3, -0.25) is 9.80 Å². The monoisotopic (exact) mass is 346 g/mol. The van der Waals surface area contributed by atoms with Crippen LogP contribution in [-0.4, -0.2) is 57.4 Å². The average molecular weight is 346 g/mol. The quantitative estimate of drug-likeness (QED) is 0.914. The van der Waals surface area contributed by atoms with Gasteiger partial charge in [-0.05, 0) is 46.1 Å². The summed E-state index contributed by atoms with van der Waals surface area (Å²) in [6.07, 6.45) is 1.60.